The minimum absolute atomic E-state index is 0.280. The van der Waals surface area contributed by atoms with Gasteiger partial charge in [-0.2, -0.15) is 0 Å². The zero-order chi connectivity index (χ0) is 63.2. The van der Waals surface area contributed by atoms with Crippen molar-refractivity contribution in [1.82, 2.24) is 0 Å². The first-order valence-corrected chi connectivity index (χ1v) is 33.3. The van der Waals surface area contributed by atoms with Crippen LogP contribution in [0.25, 0.3) is 66.8 Å². The summed E-state index contributed by atoms with van der Waals surface area (Å²) in [5.74, 6) is 0. The molecule has 4 aliphatic rings. The zero-order valence-corrected chi connectivity index (χ0v) is 52.6. The highest BCUT2D eigenvalue weighted by Crippen LogP contribution is 2.58. The highest BCUT2D eigenvalue weighted by atomic mass is 15.3. The Bertz CT molecular complexity index is 5040. The van der Waals surface area contributed by atoms with Crippen molar-refractivity contribution >= 4 is 114 Å². The molecule has 15 aromatic carbocycles. The van der Waals surface area contributed by atoms with Crippen LogP contribution in [-0.4, -0.2) is 13.4 Å². The van der Waals surface area contributed by atoms with Crippen LogP contribution in [0.2, 0.25) is 0 Å². The van der Waals surface area contributed by atoms with Crippen LogP contribution in [-0.2, 0) is 0 Å². The molecule has 0 atom stereocenters. The van der Waals surface area contributed by atoms with E-state index in [2.05, 4.69) is 384 Å². The van der Waals surface area contributed by atoms with Crippen LogP contribution in [0.3, 0.4) is 0 Å². The first-order chi connectivity index (χ1) is 47.7. The monoisotopic (exact) mass is 1220 g/mol. The first kappa shape index (κ1) is 55.3. The maximum Gasteiger partial charge on any atom is 0.251 e. The number of rotatable bonds is 13. The summed E-state index contributed by atoms with van der Waals surface area (Å²) in [5, 5.41) is 0. The Morgan fingerprint density at radius 2 is 0.448 bits per heavy atom. The molecule has 15 aromatic rings. The molecule has 6 heteroatoms. The maximum atomic E-state index is 2.77. The molecule has 0 aliphatic carbocycles. The summed E-state index contributed by atoms with van der Waals surface area (Å²) in [6.07, 6.45) is 0. The minimum Gasteiger partial charge on any atom is -0.312 e. The third-order valence-corrected chi connectivity index (χ3v) is 20.1. The second-order valence-electron chi connectivity index (χ2n) is 25.4. The summed E-state index contributed by atoms with van der Waals surface area (Å²) < 4.78 is 0. The third-order valence-electron chi connectivity index (χ3n) is 20.1. The lowest BCUT2D eigenvalue weighted by atomic mass is 9.31. The summed E-state index contributed by atoms with van der Waals surface area (Å²) in [7, 11) is 0. The standard InChI is InChI=1S/C90H60B2N4/c1-11-31-61(32-12-1)65-51-53-79-75(55-65)77-57-67(63-35-15-3-16-36-63)59-81-83(77)91(79)85-87-86(92-80-54-52-66(62-33-13-2-14-34-62)56-76(80)78-58-68(64-37-17-4-18-38-64)60-82(84(78)92)96(81)87)89(94(71-43-23-7-24-44-71)72-45-25-8-26-46-72)90(95(73-47-27-9-28-48-73)74-49-29-10-30-50-74)88(85)93(69-39-19-5-20-40-69)70-41-21-6-22-42-70/h1-60H. The SMILES string of the molecule is c1ccc(-c2ccc3c(c2)-c2cc(-c4ccccc4)cc4c2B3c2c3c(c(N(c5ccccc5)c5ccccc5)c(N(c5ccccc5)c5ccccc5)c2N(c2ccccc2)c2ccccc2)B2c5ccc(-c6ccccc6)cc5-c5cc(-c6ccccc6)cc(c52)N43)cc1. The Kier molecular flexibility index (Phi) is 13.1. The molecular formula is C90H60B2N4. The van der Waals surface area contributed by atoms with E-state index in [4.69, 9.17) is 0 Å². The van der Waals surface area contributed by atoms with E-state index in [9.17, 15) is 0 Å². The average Bonchev–Trinajstić information content (AvgIpc) is 1.39. The number of benzene rings is 15. The fraction of sp³-hybridized carbons (Fsp3) is 0. The van der Waals surface area contributed by atoms with Crippen molar-refractivity contribution in [2.24, 2.45) is 0 Å². The highest BCUT2D eigenvalue weighted by Gasteiger charge is 2.55. The molecule has 446 valence electrons. The van der Waals surface area contributed by atoms with E-state index < -0.39 is 0 Å². The summed E-state index contributed by atoms with van der Waals surface area (Å²) in [6, 6.07) is 136. The molecule has 0 saturated heterocycles. The molecule has 0 fully saturated rings. The second kappa shape index (κ2) is 22.7. The van der Waals surface area contributed by atoms with E-state index >= 15 is 0 Å². The smallest absolute Gasteiger partial charge is 0.251 e. The van der Waals surface area contributed by atoms with Crippen LogP contribution in [0.4, 0.5) is 68.2 Å². The Labute approximate surface area is 561 Å². The van der Waals surface area contributed by atoms with Crippen LogP contribution >= 0.6 is 0 Å². The van der Waals surface area contributed by atoms with Crippen LogP contribution in [0.1, 0.15) is 0 Å². The number of nitrogens with zero attached hydrogens (tertiary/aromatic N) is 4. The molecule has 0 spiro atoms. The predicted octanol–water partition coefficient (Wildman–Crippen LogP) is 19.9. The van der Waals surface area contributed by atoms with Crippen molar-refractivity contribution in [3.8, 4) is 66.8 Å². The molecule has 4 aliphatic heterocycles. The maximum absolute atomic E-state index is 2.77. The van der Waals surface area contributed by atoms with Gasteiger partial charge in [0.05, 0.1) is 17.1 Å². The average molecular weight is 1220 g/mol. The number of para-hydroxylation sites is 6. The second-order valence-corrected chi connectivity index (χ2v) is 25.4. The van der Waals surface area contributed by atoms with Gasteiger partial charge in [0.1, 0.15) is 0 Å². The Morgan fingerprint density at radius 3 is 0.740 bits per heavy atom. The van der Waals surface area contributed by atoms with Crippen molar-refractivity contribution in [3.63, 3.8) is 0 Å². The summed E-state index contributed by atoms with van der Waals surface area (Å²) in [5.41, 5.74) is 34.9. The topological polar surface area (TPSA) is 13.0 Å². The van der Waals surface area contributed by atoms with Gasteiger partial charge in [-0.05, 0) is 198 Å². The van der Waals surface area contributed by atoms with Gasteiger partial charge < -0.3 is 19.6 Å². The fourth-order valence-corrected chi connectivity index (χ4v) is 16.2. The minimum atomic E-state index is -0.280. The molecule has 0 radical (unpaired) electrons. The first-order valence-electron chi connectivity index (χ1n) is 33.3. The fourth-order valence-electron chi connectivity index (χ4n) is 16.2. The van der Waals surface area contributed by atoms with E-state index in [1.807, 2.05) is 0 Å². The number of fused-ring (bicyclic) bond motifs is 10. The molecule has 0 bridgehead atoms. The van der Waals surface area contributed by atoms with Crippen molar-refractivity contribution in [1.29, 1.82) is 0 Å². The number of hydrogen-bond donors (Lipinski definition) is 0. The molecule has 0 aromatic heterocycles. The Hall–Kier alpha value is -12.4. The molecule has 0 unspecified atom stereocenters. The Balaban J connectivity index is 1.09. The van der Waals surface area contributed by atoms with Crippen molar-refractivity contribution in [2.45, 2.75) is 0 Å². The van der Waals surface area contributed by atoms with E-state index in [0.717, 1.165) is 51.2 Å². The lowest BCUT2D eigenvalue weighted by Crippen LogP contribution is -2.64. The molecule has 4 nitrogen and oxygen atoms in total. The molecule has 0 saturated carbocycles. The number of hydrogen-bond acceptors (Lipinski definition) is 4. The van der Waals surface area contributed by atoms with E-state index in [1.54, 1.807) is 0 Å². The Morgan fingerprint density at radius 1 is 0.198 bits per heavy atom. The third kappa shape index (κ3) is 8.80. The van der Waals surface area contributed by atoms with Crippen LogP contribution in [0.15, 0.2) is 364 Å². The van der Waals surface area contributed by atoms with Gasteiger partial charge in [-0.25, -0.2) is 0 Å². The summed E-state index contributed by atoms with van der Waals surface area (Å²) >= 11 is 0. The molecule has 0 amide bonds. The van der Waals surface area contributed by atoms with Crippen LogP contribution < -0.4 is 52.4 Å². The van der Waals surface area contributed by atoms with Gasteiger partial charge in [-0.15, -0.1) is 0 Å². The molecule has 19 rings (SSSR count). The van der Waals surface area contributed by atoms with Gasteiger partial charge in [-0.3, -0.25) is 0 Å². The molecule has 96 heavy (non-hydrogen) atoms. The lowest BCUT2D eigenvalue weighted by Gasteiger charge is -2.49. The van der Waals surface area contributed by atoms with Crippen molar-refractivity contribution in [2.75, 3.05) is 19.6 Å². The molecule has 4 heterocycles. The molecule has 0 N–H and O–H groups in total. The van der Waals surface area contributed by atoms with Crippen LogP contribution in [0.5, 0.6) is 0 Å². The van der Waals surface area contributed by atoms with Gasteiger partial charge in [-0.1, -0.05) is 266 Å². The predicted molar refractivity (Wildman–Crippen MR) is 407 cm³/mol. The van der Waals surface area contributed by atoms with E-state index in [0.29, 0.717) is 0 Å². The van der Waals surface area contributed by atoms with Gasteiger partial charge in [0.2, 0.25) is 0 Å². The normalized spacial score (nSPS) is 12.3. The van der Waals surface area contributed by atoms with Gasteiger partial charge in [0, 0.05) is 51.2 Å². The van der Waals surface area contributed by atoms with Gasteiger partial charge >= 0.3 is 0 Å². The van der Waals surface area contributed by atoms with E-state index in [-0.39, 0.29) is 13.4 Å². The van der Waals surface area contributed by atoms with Crippen molar-refractivity contribution in [3.05, 3.63) is 364 Å². The lowest BCUT2D eigenvalue weighted by molar-refractivity contribution is 1.19. The zero-order valence-electron chi connectivity index (χ0n) is 52.6. The quantitative estimate of drug-likeness (QED) is 0.107. The summed E-state index contributed by atoms with van der Waals surface area (Å²) in [4.78, 5) is 10.6. The van der Waals surface area contributed by atoms with Gasteiger partial charge in [0.25, 0.3) is 13.4 Å². The highest BCUT2D eigenvalue weighted by molar-refractivity contribution is 7.06. The summed E-state index contributed by atoms with van der Waals surface area (Å²) in [6.45, 7) is -0.561. The van der Waals surface area contributed by atoms with E-state index in [1.165, 1.54) is 117 Å². The van der Waals surface area contributed by atoms with Crippen molar-refractivity contribution < 1.29 is 0 Å². The van der Waals surface area contributed by atoms with Crippen LogP contribution in [0, 0.1) is 0 Å². The van der Waals surface area contributed by atoms with Gasteiger partial charge in [0.15, 0.2) is 0 Å². The molecular weight excluding hydrogens is 1160 g/mol. The number of anilines is 12. The largest absolute Gasteiger partial charge is 0.312 e.